The van der Waals surface area contributed by atoms with Gasteiger partial charge >= 0.3 is 6.18 Å². The molecule has 1 aromatic heterocycles. The lowest BCUT2D eigenvalue weighted by molar-refractivity contribution is -0.299. The Labute approximate surface area is 99.5 Å². The lowest BCUT2D eigenvalue weighted by Gasteiger charge is -2.29. The third-order valence-corrected chi connectivity index (χ3v) is 2.59. The van der Waals surface area contributed by atoms with Crippen LogP contribution in [-0.4, -0.2) is 39.1 Å². The molecule has 0 saturated heterocycles. The molecule has 0 aromatic carbocycles. The van der Waals surface area contributed by atoms with E-state index in [1.807, 2.05) is 0 Å². The van der Waals surface area contributed by atoms with Crippen LogP contribution in [0, 0.1) is 0 Å². The molecule has 0 saturated carbocycles. The quantitative estimate of drug-likeness (QED) is 0.802. The fourth-order valence-corrected chi connectivity index (χ4v) is 1.61. The second-order valence-corrected chi connectivity index (χ2v) is 3.72. The summed E-state index contributed by atoms with van der Waals surface area (Å²) in [5.41, 5.74) is -2.94. The van der Waals surface area contributed by atoms with Gasteiger partial charge in [-0.3, -0.25) is 9.78 Å². The Balaban J connectivity index is 2.37. The molecule has 5 nitrogen and oxygen atoms in total. The fraction of sp³-hybridized carbons (Fsp3) is 0.300. The molecule has 1 N–H and O–H groups in total. The molecule has 2 rings (SSSR count). The Bertz CT molecular complexity index is 489. The van der Waals surface area contributed by atoms with Crippen molar-refractivity contribution in [2.75, 3.05) is 0 Å². The average molecular weight is 259 g/mol. The van der Waals surface area contributed by atoms with Crippen LogP contribution < -0.4 is 0 Å². The van der Waals surface area contributed by atoms with Gasteiger partial charge in [-0.15, -0.1) is 0 Å². The monoisotopic (exact) mass is 259 g/mol. The van der Waals surface area contributed by atoms with Gasteiger partial charge in [-0.25, -0.2) is 0 Å². The summed E-state index contributed by atoms with van der Waals surface area (Å²) in [5, 5.41) is 13.0. The van der Waals surface area contributed by atoms with E-state index in [0.717, 1.165) is 0 Å². The predicted molar refractivity (Wildman–Crippen MR) is 54.3 cm³/mol. The number of hydrogen-bond donors (Lipinski definition) is 1. The Morgan fingerprint density at radius 1 is 1.39 bits per heavy atom. The van der Waals surface area contributed by atoms with Gasteiger partial charge < -0.3 is 5.11 Å². The SMILES string of the molecule is O=CN1N=C(c2ccncc2)C[C@]1(O)C(F)(F)F. The Hall–Kier alpha value is -1.96. The summed E-state index contributed by atoms with van der Waals surface area (Å²) in [6, 6.07) is 2.90. The molecule has 1 aromatic rings. The van der Waals surface area contributed by atoms with E-state index in [4.69, 9.17) is 0 Å². The second-order valence-electron chi connectivity index (χ2n) is 3.72. The normalized spacial score (nSPS) is 24.0. The molecule has 0 radical (unpaired) electrons. The van der Waals surface area contributed by atoms with E-state index in [1.165, 1.54) is 24.5 Å². The summed E-state index contributed by atoms with van der Waals surface area (Å²) in [5.74, 6) is 0. The molecule has 0 bridgehead atoms. The van der Waals surface area contributed by atoms with Gasteiger partial charge in [0.25, 0.3) is 5.72 Å². The average Bonchev–Trinajstić information content (AvgIpc) is 2.68. The molecule has 18 heavy (non-hydrogen) atoms. The van der Waals surface area contributed by atoms with E-state index in [1.54, 1.807) is 0 Å². The minimum absolute atomic E-state index is 0.0111. The van der Waals surface area contributed by atoms with Gasteiger partial charge in [0.05, 0.1) is 12.1 Å². The van der Waals surface area contributed by atoms with Crippen LogP contribution in [0.4, 0.5) is 13.2 Å². The first-order valence-electron chi connectivity index (χ1n) is 4.90. The maximum atomic E-state index is 12.7. The van der Waals surface area contributed by atoms with Crippen LogP contribution in [0.2, 0.25) is 0 Å². The van der Waals surface area contributed by atoms with Crippen molar-refractivity contribution in [1.29, 1.82) is 0 Å². The van der Waals surface area contributed by atoms with Crippen molar-refractivity contribution in [1.82, 2.24) is 9.99 Å². The topological polar surface area (TPSA) is 65.8 Å². The maximum absolute atomic E-state index is 12.7. The van der Waals surface area contributed by atoms with Crippen molar-refractivity contribution in [2.24, 2.45) is 5.10 Å². The number of alkyl halides is 3. The highest BCUT2D eigenvalue weighted by Crippen LogP contribution is 2.40. The Kier molecular flexibility index (Phi) is 2.81. The zero-order valence-electron chi connectivity index (χ0n) is 8.92. The number of aromatic nitrogens is 1. The Morgan fingerprint density at radius 2 is 2.00 bits per heavy atom. The van der Waals surface area contributed by atoms with Crippen molar-refractivity contribution in [3.63, 3.8) is 0 Å². The number of carbonyl (C=O) groups excluding carboxylic acids is 1. The molecule has 0 spiro atoms. The van der Waals surface area contributed by atoms with Gasteiger partial charge in [-0.2, -0.15) is 23.3 Å². The lowest BCUT2D eigenvalue weighted by atomic mass is 10.0. The van der Waals surface area contributed by atoms with Crippen molar-refractivity contribution >= 4 is 12.1 Å². The third kappa shape index (κ3) is 1.84. The first kappa shape index (κ1) is 12.5. The Morgan fingerprint density at radius 3 is 2.44 bits per heavy atom. The highest BCUT2D eigenvalue weighted by Gasteiger charge is 2.61. The third-order valence-electron chi connectivity index (χ3n) is 2.59. The van der Waals surface area contributed by atoms with Gasteiger partial charge in [-0.05, 0) is 12.1 Å². The molecule has 8 heteroatoms. The molecular weight excluding hydrogens is 251 g/mol. The van der Waals surface area contributed by atoms with Crippen LogP contribution >= 0.6 is 0 Å². The summed E-state index contributed by atoms with van der Waals surface area (Å²) in [4.78, 5) is 14.3. The minimum atomic E-state index is -4.98. The van der Waals surface area contributed by atoms with Crippen molar-refractivity contribution in [3.8, 4) is 0 Å². The number of hydrazone groups is 1. The number of nitrogens with zero attached hydrogens (tertiary/aromatic N) is 3. The summed E-state index contributed by atoms with van der Waals surface area (Å²) in [7, 11) is 0. The summed E-state index contributed by atoms with van der Waals surface area (Å²) >= 11 is 0. The molecule has 0 unspecified atom stereocenters. The van der Waals surface area contributed by atoms with Crippen LogP contribution in [0.3, 0.4) is 0 Å². The molecular formula is C10H8F3N3O2. The van der Waals surface area contributed by atoms with Crippen LogP contribution in [0.25, 0.3) is 0 Å². The standard InChI is InChI=1S/C10H8F3N3O2/c11-10(12,13)9(18)5-8(15-16(9)6-17)7-1-3-14-4-2-7/h1-4,6,18H,5H2/t9-/m0/s1. The van der Waals surface area contributed by atoms with E-state index in [-0.39, 0.29) is 17.1 Å². The van der Waals surface area contributed by atoms with E-state index in [0.29, 0.717) is 5.56 Å². The highest BCUT2D eigenvalue weighted by atomic mass is 19.4. The van der Waals surface area contributed by atoms with E-state index < -0.39 is 18.3 Å². The van der Waals surface area contributed by atoms with E-state index >= 15 is 0 Å². The summed E-state index contributed by atoms with van der Waals surface area (Å²) < 4.78 is 38.2. The number of carbonyl (C=O) groups is 1. The summed E-state index contributed by atoms with van der Waals surface area (Å²) in [6.45, 7) is 0. The number of halogens is 3. The van der Waals surface area contributed by atoms with Gasteiger partial charge in [0, 0.05) is 18.0 Å². The molecule has 2 heterocycles. The van der Waals surface area contributed by atoms with Gasteiger partial charge in [0.15, 0.2) is 0 Å². The smallest absolute Gasteiger partial charge is 0.362 e. The first-order valence-corrected chi connectivity index (χ1v) is 4.90. The summed E-state index contributed by atoms with van der Waals surface area (Å²) in [6.07, 6.45) is -3.17. The molecule has 0 fully saturated rings. The van der Waals surface area contributed by atoms with Crippen LogP contribution in [-0.2, 0) is 4.79 Å². The fourth-order valence-electron chi connectivity index (χ4n) is 1.61. The maximum Gasteiger partial charge on any atom is 0.438 e. The van der Waals surface area contributed by atoms with Crippen LogP contribution in [0.1, 0.15) is 12.0 Å². The molecule has 1 aliphatic heterocycles. The molecule has 0 aliphatic carbocycles. The van der Waals surface area contributed by atoms with Crippen LogP contribution in [0.15, 0.2) is 29.6 Å². The molecule has 1 atom stereocenters. The zero-order valence-corrected chi connectivity index (χ0v) is 8.92. The van der Waals surface area contributed by atoms with Gasteiger partial charge in [0.1, 0.15) is 0 Å². The predicted octanol–water partition coefficient (Wildman–Crippen LogP) is 0.899. The zero-order chi connectivity index (χ0) is 13.4. The van der Waals surface area contributed by atoms with E-state index in [9.17, 15) is 23.1 Å². The number of amides is 1. The van der Waals surface area contributed by atoms with Crippen molar-refractivity contribution < 1.29 is 23.1 Å². The largest absolute Gasteiger partial charge is 0.438 e. The molecule has 1 amide bonds. The van der Waals surface area contributed by atoms with Crippen molar-refractivity contribution in [3.05, 3.63) is 30.1 Å². The molecule has 1 aliphatic rings. The van der Waals surface area contributed by atoms with Gasteiger partial charge in [-0.1, -0.05) is 0 Å². The number of rotatable bonds is 2. The van der Waals surface area contributed by atoms with Crippen LogP contribution in [0.5, 0.6) is 0 Å². The highest BCUT2D eigenvalue weighted by molar-refractivity contribution is 6.02. The number of hydrogen-bond acceptors (Lipinski definition) is 4. The van der Waals surface area contributed by atoms with E-state index in [2.05, 4.69) is 10.1 Å². The molecule has 96 valence electrons. The minimum Gasteiger partial charge on any atom is -0.362 e. The second kappa shape index (κ2) is 4.05. The number of pyridine rings is 1. The first-order chi connectivity index (χ1) is 8.38. The number of aliphatic hydroxyl groups is 1. The van der Waals surface area contributed by atoms with Crippen molar-refractivity contribution in [2.45, 2.75) is 18.3 Å². The van der Waals surface area contributed by atoms with Gasteiger partial charge in [0.2, 0.25) is 6.41 Å². The lowest BCUT2D eigenvalue weighted by Crippen LogP contribution is -2.54.